The van der Waals surface area contributed by atoms with Crippen molar-refractivity contribution in [3.05, 3.63) is 104 Å². The highest BCUT2D eigenvalue weighted by molar-refractivity contribution is 7.81. The van der Waals surface area contributed by atoms with Gasteiger partial charge in [-0.1, -0.05) is 83.1 Å². The van der Waals surface area contributed by atoms with Gasteiger partial charge in [-0.05, 0) is 141 Å². The topological polar surface area (TPSA) is 107 Å². The SMILES string of the molecule is CC(C)(C)c1cc2c(O)c(c1)CN1CCN(Cc3cc(C(C)(C)C)cc(c3O)CN3CCN(C3=S)c3cc(C(C)(C)C)cc(c3O)N3CCN(Cc4cc(C(C)(C)C)cc(c4O)CN4CCN(C2)C4=S)C3=S)C1=S. The zero-order valence-corrected chi connectivity index (χ0v) is 48.8. The number of fused-ring (bicyclic) bond motifs is 18. The number of hydrogen-bond donors (Lipinski definition) is 4. The zero-order chi connectivity index (χ0) is 53.7. The van der Waals surface area contributed by atoms with Crippen molar-refractivity contribution in [2.75, 3.05) is 62.2 Å². The van der Waals surface area contributed by atoms with Gasteiger partial charge in [-0.2, -0.15) is 0 Å². The summed E-state index contributed by atoms with van der Waals surface area (Å²) in [5.41, 5.74) is 9.44. The van der Waals surface area contributed by atoms with Gasteiger partial charge < -0.3 is 59.6 Å². The van der Waals surface area contributed by atoms with Crippen molar-refractivity contribution in [3.8, 4) is 23.0 Å². The summed E-state index contributed by atoms with van der Waals surface area (Å²) in [5.74, 6) is 0.796. The van der Waals surface area contributed by atoms with Gasteiger partial charge in [0.15, 0.2) is 26.2 Å². The third-order valence-electron chi connectivity index (χ3n) is 15.6. The second-order valence-electron chi connectivity index (χ2n) is 25.3. The lowest BCUT2D eigenvalue weighted by Gasteiger charge is -2.30. The van der Waals surface area contributed by atoms with Crippen molar-refractivity contribution < 1.29 is 20.4 Å². The Balaban J connectivity index is 1.13. The Kier molecular flexibility index (Phi) is 14.1. The van der Waals surface area contributed by atoms with Crippen LogP contribution in [0.1, 0.15) is 139 Å². The van der Waals surface area contributed by atoms with Crippen molar-refractivity contribution in [1.82, 2.24) is 29.4 Å². The average Bonchev–Trinajstić information content (AvgIpc) is 4.05. The predicted molar refractivity (Wildman–Crippen MR) is 315 cm³/mol. The first-order chi connectivity index (χ1) is 34.5. The summed E-state index contributed by atoms with van der Waals surface area (Å²) < 4.78 is 0. The Morgan fingerprint density at radius 2 is 0.500 bits per heavy atom. The van der Waals surface area contributed by atoms with E-state index in [4.69, 9.17) is 48.9 Å². The molecule has 0 radical (unpaired) electrons. The quantitative estimate of drug-likeness (QED) is 0.125. The molecule has 5 heterocycles. The first-order valence-corrected chi connectivity index (χ1v) is 27.7. The molecule has 0 unspecified atom stereocenters. The summed E-state index contributed by atoms with van der Waals surface area (Å²) in [6.07, 6.45) is 0. The molecule has 0 aromatic heterocycles. The molecule has 16 heteroatoms. The summed E-state index contributed by atoms with van der Waals surface area (Å²) in [4.78, 5) is 16.9. The standard InChI is InChI=1S/C58H76N8O4S4/c1-55(2,3)41-21-35-29-59-13-15-61(51(59)71)31-37-23-42(56(4,5)6)25-39(48(37)68)33-63-17-19-65(53(63)73)45-27-44(58(10,11)12)28-46(50(45)70)66-20-18-64(54(66)74)34-40-26-43(57(7,8)9)24-38(49(40)69)32-62-16-14-60(52(62)72)30-36(22-41)47(35)67/h21-28,67-70H,13-20,29-34H2,1-12H3. The number of phenols is 4. The number of phenolic OH excluding ortho intramolecular Hbond substituents is 4. The molecule has 9 rings (SSSR count). The molecule has 5 aliphatic rings. The van der Waals surface area contributed by atoms with Crippen LogP contribution in [-0.4, -0.2) is 123 Å². The fraction of sp³-hybridized carbons (Fsp3) is 0.517. The first kappa shape index (κ1) is 53.7. The molecule has 396 valence electrons. The highest BCUT2D eigenvalue weighted by Crippen LogP contribution is 2.45. The molecular weight excluding hydrogens is 1000 g/mol. The number of thiocarbonyl (C=S) groups is 4. The van der Waals surface area contributed by atoms with Gasteiger partial charge in [0.05, 0.1) is 11.4 Å². The van der Waals surface area contributed by atoms with Crippen LogP contribution in [0.2, 0.25) is 0 Å². The third kappa shape index (κ3) is 10.4. The van der Waals surface area contributed by atoms with Gasteiger partial charge in [-0.3, -0.25) is 0 Å². The van der Waals surface area contributed by atoms with Crippen LogP contribution < -0.4 is 9.80 Å². The highest BCUT2D eigenvalue weighted by Gasteiger charge is 2.37. The number of aromatic hydroxyl groups is 4. The van der Waals surface area contributed by atoms with Gasteiger partial charge in [0.25, 0.3) is 0 Å². The van der Waals surface area contributed by atoms with Crippen LogP contribution in [0.15, 0.2) is 48.5 Å². The number of nitrogens with zero attached hydrogens (tertiary/aromatic N) is 8. The van der Waals surface area contributed by atoms with Crippen LogP contribution in [0.5, 0.6) is 23.0 Å². The summed E-state index contributed by atoms with van der Waals surface area (Å²) in [5, 5.41) is 51.5. The van der Waals surface area contributed by atoms with E-state index in [9.17, 15) is 20.4 Å². The van der Waals surface area contributed by atoms with Crippen molar-refractivity contribution in [2.45, 2.75) is 144 Å². The third-order valence-corrected chi connectivity index (χ3v) is 17.6. The van der Waals surface area contributed by atoms with E-state index in [-0.39, 0.29) is 44.7 Å². The molecule has 4 aromatic rings. The zero-order valence-electron chi connectivity index (χ0n) is 45.5. The van der Waals surface area contributed by atoms with E-state index in [0.717, 1.165) is 55.6 Å². The number of rotatable bonds is 0. The van der Waals surface area contributed by atoms with Gasteiger partial charge in [0.2, 0.25) is 0 Å². The second kappa shape index (κ2) is 19.4. The van der Waals surface area contributed by atoms with Crippen LogP contribution >= 0.6 is 48.9 Å². The Hall–Kier alpha value is -5.16. The lowest BCUT2D eigenvalue weighted by Crippen LogP contribution is -2.33. The lowest BCUT2D eigenvalue weighted by atomic mass is 9.84. The normalized spacial score (nSPS) is 18.4. The largest absolute Gasteiger partial charge is 0.507 e. The van der Waals surface area contributed by atoms with Crippen LogP contribution in [0, 0.1) is 0 Å². The molecule has 16 bridgehead atoms. The van der Waals surface area contributed by atoms with E-state index < -0.39 is 0 Å². The van der Waals surface area contributed by atoms with Crippen LogP contribution in [0.4, 0.5) is 11.4 Å². The Labute approximate surface area is 461 Å². The molecule has 0 aliphatic carbocycles. The molecular formula is C58H76N8O4S4. The molecule has 0 saturated carbocycles. The van der Waals surface area contributed by atoms with E-state index >= 15 is 0 Å². The molecule has 4 aromatic carbocycles. The van der Waals surface area contributed by atoms with Crippen LogP contribution in [-0.2, 0) is 60.9 Å². The Morgan fingerprint density at radius 3 is 0.730 bits per heavy atom. The maximum absolute atomic E-state index is 12.4. The minimum Gasteiger partial charge on any atom is -0.507 e. The summed E-state index contributed by atoms with van der Waals surface area (Å²) in [6, 6.07) is 16.8. The molecule has 12 nitrogen and oxygen atoms in total. The van der Waals surface area contributed by atoms with Gasteiger partial charge in [-0.25, -0.2) is 0 Å². The van der Waals surface area contributed by atoms with Gasteiger partial charge in [-0.15, -0.1) is 0 Å². The second-order valence-corrected chi connectivity index (χ2v) is 26.7. The van der Waals surface area contributed by atoms with Gasteiger partial charge in [0.1, 0.15) is 17.2 Å². The highest BCUT2D eigenvalue weighted by atomic mass is 32.1. The monoisotopic (exact) mass is 1080 g/mol. The molecule has 5 aliphatic heterocycles. The molecule has 0 atom stereocenters. The Bertz CT molecular complexity index is 2770. The molecule has 0 spiro atoms. The first-order valence-electron chi connectivity index (χ1n) is 26.1. The minimum absolute atomic E-state index is 0.106. The summed E-state index contributed by atoms with van der Waals surface area (Å²) in [7, 11) is 0. The molecule has 74 heavy (non-hydrogen) atoms. The average molecular weight is 1080 g/mol. The van der Waals surface area contributed by atoms with Gasteiger partial charge in [0, 0.05) is 125 Å². The fourth-order valence-electron chi connectivity index (χ4n) is 10.7. The maximum atomic E-state index is 12.4. The molecule has 0 amide bonds. The van der Waals surface area contributed by atoms with Crippen molar-refractivity contribution in [2.24, 2.45) is 0 Å². The van der Waals surface area contributed by atoms with Crippen molar-refractivity contribution in [1.29, 1.82) is 0 Å². The van der Waals surface area contributed by atoms with E-state index in [2.05, 4.69) is 161 Å². The lowest BCUT2D eigenvalue weighted by molar-refractivity contribution is 0.404. The molecule has 4 N–H and O–H groups in total. The Morgan fingerprint density at radius 1 is 0.297 bits per heavy atom. The molecule has 4 saturated heterocycles. The van der Waals surface area contributed by atoms with Crippen LogP contribution in [0.25, 0.3) is 0 Å². The number of benzene rings is 4. The fourth-order valence-corrected chi connectivity index (χ4v) is 12.1. The van der Waals surface area contributed by atoms with E-state index in [1.54, 1.807) is 0 Å². The smallest absolute Gasteiger partial charge is 0.176 e. The predicted octanol–water partition coefficient (Wildman–Crippen LogP) is 10.4. The van der Waals surface area contributed by atoms with E-state index in [1.807, 2.05) is 9.80 Å². The van der Waals surface area contributed by atoms with E-state index in [0.29, 0.717) is 123 Å². The van der Waals surface area contributed by atoms with E-state index in [1.165, 1.54) is 0 Å². The summed E-state index contributed by atoms with van der Waals surface area (Å²) >= 11 is 25.1. The maximum Gasteiger partial charge on any atom is 0.176 e. The van der Waals surface area contributed by atoms with Gasteiger partial charge >= 0.3 is 0 Å². The molecule has 4 fully saturated rings. The van der Waals surface area contributed by atoms with Crippen LogP contribution in [0.3, 0.4) is 0 Å². The van der Waals surface area contributed by atoms with Crippen molar-refractivity contribution in [3.63, 3.8) is 0 Å². The van der Waals surface area contributed by atoms with Crippen molar-refractivity contribution >= 4 is 80.7 Å². The minimum atomic E-state index is -0.271. The number of anilines is 2. The summed E-state index contributed by atoms with van der Waals surface area (Å²) in [6.45, 7) is 33.6. The number of hydrogen-bond acceptors (Lipinski definition) is 8.